The Kier molecular flexibility index (Phi) is 5.61. The first kappa shape index (κ1) is 18.8. The lowest BCUT2D eigenvalue weighted by Crippen LogP contribution is -2.46. The molecule has 2 heterocycles. The SMILES string of the molecule is COc1ccc(NC(=O)c2ccc(N3CCN(c4ccccc4)CC3)cn2)cc1. The zero-order valence-electron chi connectivity index (χ0n) is 16.4. The average molecular weight is 388 g/mol. The van der Waals surface area contributed by atoms with Crippen LogP contribution in [0.2, 0.25) is 0 Å². The van der Waals surface area contributed by atoms with Crippen molar-refractivity contribution in [2.45, 2.75) is 0 Å². The number of ether oxygens (including phenoxy) is 1. The highest BCUT2D eigenvalue weighted by atomic mass is 16.5. The van der Waals surface area contributed by atoms with Crippen molar-refractivity contribution in [1.82, 2.24) is 4.98 Å². The van der Waals surface area contributed by atoms with Gasteiger partial charge in [-0.15, -0.1) is 0 Å². The number of rotatable bonds is 5. The summed E-state index contributed by atoms with van der Waals surface area (Å²) >= 11 is 0. The van der Waals surface area contributed by atoms with Crippen molar-refractivity contribution in [1.29, 1.82) is 0 Å². The maximum absolute atomic E-state index is 12.4. The number of pyridine rings is 1. The molecular formula is C23H24N4O2. The Hall–Kier alpha value is -3.54. The molecule has 2 aromatic carbocycles. The first-order valence-corrected chi connectivity index (χ1v) is 9.69. The third-order valence-electron chi connectivity index (χ3n) is 5.09. The van der Waals surface area contributed by atoms with Crippen LogP contribution >= 0.6 is 0 Å². The van der Waals surface area contributed by atoms with Gasteiger partial charge in [0.15, 0.2) is 0 Å². The number of amides is 1. The normalized spacial score (nSPS) is 13.8. The number of piperazine rings is 1. The molecule has 0 atom stereocenters. The molecule has 1 aliphatic rings. The van der Waals surface area contributed by atoms with Crippen molar-refractivity contribution in [2.24, 2.45) is 0 Å². The molecule has 3 aromatic rings. The molecule has 1 saturated heterocycles. The lowest BCUT2D eigenvalue weighted by Gasteiger charge is -2.37. The molecule has 4 rings (SSSR count). The maximum Gasteiger partial charge on any atom is 0.274 e. The number of nitrogens with zero attached hydrogens (tertiary/aromatic N) is 3. The van der Waals surface area contributed by atoms with Crippen LogP contribution in [0.3, 0.4) is 0 Å². The van der Waals surface area contributed by atoms with E-state index in [1.54, 1.807) is 43.6 Å². The molecule has 0 radical (unpaired) electrons. The highest BCUT2D eigenvalue weighted by molar-refractivity contribution is 6.02. The Morgan fingerprint density at radius 2 is 1.52 bits per heavy atom. The predicted octanol–water partition coefficient (Wildman–Crippen LogP) is 3.67. The maximum atomic E-state index is 12.4. The number of para-hydroxylation sites is 1. The fourth-order valence-corrected chi connectivity index (χ4v) is 3.44. The topological polar surface area (TPSA) is 57.7 Å². The lowest BCUT2D eigenvalue weighted by molar-refractivity contribution is 0.102. The number of hydrogen-bond acceptors (Lipinski definition) is 5. The van der Waals surface area contributed by atoms with E-state index in [0.29, 0.717) is 11.4 Å². The smallest absolute Gasteiger partial charge is 0.274 e. The van der Waals surface area contributed by atoms with E-state index < -0.39 is 0 Å². The first-order chi connectivity index (χ1) is 14.2. The van der Waals surface area contributed by atoms with Crippen molar-refractivity contribution in [2.75, 3.05) is 48.4 Å². The third kappa shape index (κ3) is 4.48. The summed E-state index contributed by atoms with van der Waals surface area (Å²) < 4.78 is 5.13. The molecule has 1 aliphatic heterocycles. The van der Waals surface area contributed by atoms with Crippen molar-refractivity contribution in [3.8, 4) is 5.75 Å². The molecule has 1 amide bonds. The molecule has 0 saturated carbocycles. The molecule has 0 bridgehead atoms. The summed E-state index contributed by atoms with van der Waals surface area (Å²) in [6, 6.07) is 21.4. The van der Waals surface area contributed by atoms with E-state index in [-0.39, 0.29) is 5.91 Å². The van der Waals surface area contributed by atoms with Crippen LogP contribution in [0.1, 0.15) is 10.5 Å². The number of carbonyl (C=O) groups excluding carboxylic acids is 1. The molecule has 1 N–H and O–H groups in total. The monoisotopic (exact) mass is 388 g/mol. The van der Waals surface area contributed by atoms with E-state index in [4.69, 9.17) is 4.74 Å². The zero-order valence-corrected chi connectivity index (χ0v) is 16.4. The van der Waals surface area contributed by atoms with E-state index in [1.165, 1.54) is 5.69 Å². The standard InChI is InChI=1S/C23H24N4O2/c1-29-21-10-7-18(8-11-21)25-23(28)22-12-9-20(17-24-22)27-15-13-26(14-16-27)19-5-3-2-4-6-19/h2-12,17H,13-16H2,1H3,(H,25,28). The van der Waals surface area contributed by atoms with Crippen molar-refractivity contribution in [3.05, 3.63) is 78.6 Å². The van der Waals surface area contributed by atoms with E-state index in [0.717, 1.165) is 37.6 Å². The van der Waals surface area contributed by atoms with Gasteiger partial charge >= 0.3 is 0 Å². The van der Waals surface area contributed by atoms with Crippen LogP contribution in [0.4, 0.5) is 17.1 Å². The van der Waals surface area contributed by atoms with E-state index in [9.17, 15) is 4.79 Å². The molecule has 1 aromatic heterocycles. The highest BCUT2D eigenvalue weighted by Crippen LogP contribution is 2.20. The number of benzene rings is 2. The molecule has 6 nitrogen and oxygen atoms in total. The van der Waals surface area contributed by atoms with Gasteiger partial charge in [-0.1, -0.05) is 18.2 Å². The number of carbonyl (C=O) groups is 1. The highest BCUT2D eigenvalue weighted by Gasteiger charge is 2.18. The van der Waals surface area contributed by atoms with Gasteiger partial charge in [0.2, 0.25) is 0 Å². The summed E-state index contributed by atoms with van der Waals surface area (Å²) in [4.78, 5) is 21.5. The second kappa shape index (κ2) is 8.65. The molecule has 6 heteroatoms. The van der Waals surface area contributed by atoms with E-state index >= 15 is 0 Å². The van der Waals surface area contributed by atoms with Crippen molar-refractivity contribution < 1.29 is 9.53 Å². The number of aromatic nitrogens is 1. The Morgan fingerprint density at radius 1 is 0.862 bits per heavy atom. The summed E-state index contributed by atoms with van der Waals surface area (Å²) in [5, 5.41) is 2.86. The van der Waals surface area contributed by atoms with Gasteiger partial charge in [-0.3, -0.25) is 4.79 Å². The van der Waals surface area contributed by atoms with Gasteiger partial charge in [-0.25, -0.2) is 4.98 Å². The van der Waals surface area contributed by atoms with Gasteiger partial charge in [0.1, 0.15) is 11.4 Å². The molecule has 0 unspecified atom stereocenters. The molecule has 148 valence electrons. The summed E-state index contributed by atoms with van der Waals surface area (Å²) in [6.45, 7) is 3.77. The predicted molar refractivity (Wildman–Crippen MR) is 116 cm³/mol. The van der Waals surface area contributed by atoms with Gasteiger partial charge in [-0.2, -0.15) is 0 Å². The van der Waals surface area contributed by atoms with Gasteiger partial charge in [0.25, 0.3) is 5.91 Å². The van der Waals surface area contributed by atoms with Crippen LogP contribution in [-0.4, -0.2) is 44.2 Å². The number of methoxy groups -OCH3 is 1. The Bertz CT molecular complexity index is 935. The van der Waals surface area contributed by atoms with Gasteiger partial charge in [-0.05, 0) is 48.5 Å². The summed E-state index contributed by atoms with van der Waals surface area (Å²) in [7, 11) is 1.61. The minimum absolute atomic E-state index is 0.226. The quantitative estimate of drug-likeness (QED) is 0.723. The van der Waals surface area contributed by atoms with Crippen LogP contribution in [0.15, 0.2) is 72.9 Å². The minimum Gasteiger partial charge on any atom is -0.497 e. The lowest BCUT2D eigenvalue weighted by atomic mass is 10.2. The Morgan fingerprint density at radius 3 is 2.10 bits per heavy atom. The molecular weight excluding hydrogens is 364 g/mol. The van der Waals surface area contributed by atoms with Crippen LogP contribution in [0, 0.1) is 0 Å². The Labute approximate surface area is 170 Å². The second-order valence-corrected chi connectivity index (χ2v) is 6.89. The fourth-order valence-electron chi connectivity index (χ4n) is 3.44. The minimum atomic E-state index is -0.226. The second-order valence-electron chi connectivity index (χ2n) is 6.89. The fraction of sp³-hybridized carbons (Fsp3) is 0.217. The van der Waals surface area contributed by atoms with Crippen molar-refractivity contribution >= 4 is 23.0 Å². The van der Waals surface area contributed by atoms with E-state index in [1.807, 2.05) is 12.1 Å². The van der Waals surface area contributed by atoms with E-state index in [2.05, 4.69) is 44.4 Å². The van der Waals surface area contributed by atoms with Gasteiger partial charge in [0.05, 0.1) is 19.0 Å². The first-order valence-electron chi connectivity index (χ1n) is 9.69. The number of nitrogens with one attached hydrogen (secondary N) is 1. The van der Waals surface area contributed by atoms with Gasteiger partial charge < -0.3 is 19.9 Å². The van der Waals surface area contributed by atoms with Crippen LogP contribution in [-0.2, 0) is 0 Å². The zero-order chi connectivity index (χ0) is 20.1. The van der Waals surface area contributed by atoms with Crippen LogP contribution in [0.5, 0.6) is 5.75 Å². The summed E-state index contributed by atoms with van der Waals surface area (Å²) in [5.41, 5.74) is 3.40. The summed E-state index contributed by atoms with van der Waals surface area (Å²) in [5.74, 6) is 0.522. The van der Waals surface area contributed by atoms with Crippen LogP contribution in [0.25, 0.3) is 0 Å². The number of anilines is 3. The molecule has 1 fully saturated rings. The van der Waals surface area contributed by atoms with Gasteiger partial charge in [0, 0.05) is 37.6 Å². The molecule has 29 heavy (non-hydrogen) atoms. The van der Waals surface area contributed by atoms with Crippen molar-refractivity contribution in [3.63, 3.8) is 0 Å². The number of hydrogen-bond donors (Lipinski definition) is 1. The summed E-state index contributed by atoms with van der Waals surface area (Å²) in [6.07, 6.45) is 1.78. The molecule has 0 spiro atoms. The Balaban J connectivity index is 1.34. The third-order valence-corrected chi connectivity index (χ3v) is 5.09. The molecule has 0 aliphatic carbocycles. The average Bonchev–Trinajstić information content (AvgIpc) is 2.80. The largest absolute Gasteiger partial charge is 0.497 e. The van der Waals surface area contributed by atoms with Crippen LogP contribution < -0.4 is 19.9 Å².